The van der Waals surface area contributed by atoms with E-state index in [1.807, 2.05) is 21.1 Å². The lowest BCUT2D eigenvalue weighted by molar-refractivity contribution is -0.870. The molecule has 3 unspecified atom stereocenters. The highest BCUT2D eigenvalue weighted by Gasteiger charge is 2.24. The van der Waals surface area contributed by atoms with E-state index in [4.69, 9.17) is 9.05 Å². The molecule has 0 aliphatic rings. The molecule has 0 fully saturated rings. The second kappa shape index (κ2) is 69.8. The number of nitrogens with one attached hydrogen (secondary N) is 1. The van der Waals surface area contributed by atoms with Gasteiger partial charge in [0, 0.05) is 6.42 Å². The van der Waals surface area contributed by atoms with E-state index < -0.39 is 20.0 Å². The fourth-order valence-corrected chi connectivity index (χ4v) is 13.7. The van der Waals surface area contributed by atoms with E-state index in [-0.39, 0.29) is 19.1 Å². The second-order valence-electron chi connectivity index (χ2n) is 29.1. The van der Waals surface area contributed by atoms with Gasteiger partial charge >= 0.3 is 0 Å². The van der Waals surface area contributed by atoms with E-state index in [1.165, 1.54) is 379 Å². The van der Waals surface area contributed by atoms with Gasteiger partial charge in [-0.2, -0.15) is 0 Å². The number of nitrogens with zero attached hydrogens (tertiary/aromatic N) is 1. The van der Waals surface area contributed by atoms with Gasteiger partial charge in [0.2, 0.25) is 5.91 Å². The van der Waals surface area contributed by atoms with E-state index >= 15 is 0 Å². The Morgan fingerprint density at radius 2 is 0.563 bits per heavy atom. The van der Waals surface area contributed by atoms with Crippen molar-refractivity contribution in [2.24, 2.45) is 0 Å². The molecular weight excluding hydrogens is 1090 g/mol. The fraction of sp³-hybridized carbons (Fsp3) is 0.987. The Bertz CT molecular complexity index is 1380. The Hall–Kier alpha value is -0.500. The van der Waals surface area contributed by atoms with Crippen LogP contribution >= 0.6 is 7.82 Å². The zero-order valence-electron chi connectivity index (χ0n) is 60.0. The number of phosphoric ester groups is 1. The molecule has 2 N–H and O–H groups in total. The van der Waals surface area contributed by atoms with Crippen LogP contribution in [0.25, 0.3) is 0 Å². The number of phosphoric acid groups is 1. The summed E-state index contributed by atoms with van der Waals surface area (Å²) in [6.45, 7) is 4.81. The molecule has 87 heavy (non-hydrogen) atoms. The minimum atomic E-state index is -4.58. The SMILES string of the molecule is CCCCCCCCCCCCCCCCCCCCCCCCCCCCCCCCCCCCCC(=O)NC(COP(=O)([O-])OCC[N+](C)(C)C)C(O)CCCCCCCCCCCCCCCCCCCCCCCCCCCCCCCC. The zero-order chi connectivity index (χ0) is 63.4. The average Bonchev–Trinajstić information content (AvgIpc) is 3.70. The van der Waals surface area contributed by atoms with Gasteiger partial charge in [-0.25, -0.2) is 0 Å². The van der Waals surface area contributed by atoms with Crippen LogP contribution in [-0.4, -0.2) is 68.5 Å². The fourth-order valence-electron chi connectivity index (χ4n) is 12.9. The van der Waals surface area contributed by atoms with E-state index in [2.05, 4.69) is 19.2 Å². The number of hydrogen-bond donors (Lipinski definition) is 2. The molecule has 0 saturated carbocycles. The number of amides is 1. The van der Waals surface area contributed by atoms with Gasteiger partial charge in [0.05, 0.1) is 39.9 Å². The maximum Gasteiger partial charge on any atom is 0.268 e. The molecule has 0 aliphatic carbocycles. The first kappa shape index (κ1) is 86.5. The third-order valence-electron chi connectivity index (χ3n) is 19.1. The Balaban J connectivity index is 3.89. The van der Waals surface area contributed by atoms with Gasteiger partial charge < -0.3 is 28.8 Å². The van der Waals surface area contributed by atoms with Gasteiger partial charge in [-0.3, -0.25) is 9.36 Å². The molecule has 522 valence electrons. The molecule has 0 bridgehead atoms. The van der Waals surface area contributed by atoms with Crippen molar-refractivity contribution in [3.63, 3.8) is 0 Å². The number of hydrogen-bond acceptors (Lipinski definition) is 6. The van der Waals surface area contributed by atoms with Crippen molar-refractivity contribution < 1.29 is 32.9 Å². The van der Waals surface area contributed by atoms with Gasteiger partial charge in [0.25, 0.3) is 7.82 Å². The first-order chi connectivity index (χ1) is 42.5. The third-order valence-corrected chi connectivity index (χ3v) is 20.1. The van der Waals surface area contributed by atoms with Crippen LogP contribution in [0.4, 0.5) is 0 Å². The van der Waals surface area contributed by atoms with Crippen LogP contribution in [-0.2, 0) is 18.4 Å². The molecule has 0 radical (unpaired) electrons. The number of aliphatic hydroxyl groups is 1. The molecule has 1 amide bonds. The van der Waals surface area contributed by atoms with Gasteiger partial charge in [0.15, 0.2) is 0 Å². The largest absolute Gasteiger partial charge is 0.756 e. The quantitative estimate of drug-likeness (QED) is 0.0357. The Kier molecular flexibility index (Phi) is 69.4. The first-order valence-corrected chi connectivity index (χ1v) is 41.3. The highest BCUT2D eigenvalue weighted by atomic mass is 31.2. The molecule has 8 nitrogen and oxygen atoms in total. The summed E-state index contributed by atoms with van der Waals surface area (Å²) in [5.74, 6) is -0.152. The molecule has 9 heteroatoms. The monoisotopic (exact) mass is 1250 g/mol. The number of carbonyl (C=O) groups excluding carboxylic acids is 1. The van der Waals surface area contributed by atoms with E-state index in [9.17, 15) is 19.4 Å². The van der Waals surface area contributed by atoms with E-state index in [0.29, 0.717) is 23.9 Å². The molecule has 3 atom stereocenters. The summed E-state index contributed by atoms with van der Waals surface area (Å²) in [6.07, 6.45) is 89.5. The summed E-state index contributed by atoms with van der Waals surface area (Å²) < 4.78 is 23.6. The Morgan fingerprint density at radius 3 is 0.782 bits per heavy atom. The number of carbonyl (C=O) groups is 1. The zero-order valence-corrected chi connectivity index (χ0v) is 60.9. The van der Waals surface area contributed by atoms with Crippen molar-refractivity contribution >= 4 is 13.7 Å². The minimum absolute atomic E-state index is 0.0171. The molecule has 0 heterocycles. The number of likely N-dealkylation sites (N-methyl/N-ethyl adjacent to an activating group) is 1. The van der Waals surface area contributed by atoms with Gasteiger partial charge in [-0.1, -0.05) is 425 Å². The summed E-state index contributed by atoms with van der Waals surface area (Å²) in [4.78, 5) is 25.7. The molecule has 0 aromatic heterocycles. The predicted octanol–water partition coefficient (Wildman–Crippen LogP) is 25.2. The number of rotatable bonds is 76. The number of aliphatic hydroxyl groups excluding tert-OH is 1. The first-order valence-electron chi connectivity index (χ1n) is 39.9. The summed E-state index contributed by atoms with van der Waals surface area (Å²) in [7, 11) is 1.34. The summed E-state index contributed by atoms with van der Waals surface area (Å²) >= 11 is 0. The van der Waals surface area contributed by atoms with Crippen LogP contribution < -0.4 is 10.2 Å². The average molecular weight is 1250 g/mol. The molecular formula is C78H159N2O6P. The van der Waals surface area contributed by atoms with Crippen molar-refractivity contribution in [1.82, 2.24) is 5.32 Å². The smallest absolute Gasteiger partial charge is 0.268 e. The summed E-state index contributed by atoms with van der Waals surface area (Å²) in [5, 5.41) is 14.1. The van der Waals surface area contributed by atoms with Crippen molar-refractivity contribution in [3.05, 3.63) is 0 Å². The maximum absolute atomic E-state index is 13.1. The van der Waals surface area contributed by atoms with Crippen molar-refractivity contribution in [3.8, 4) is 0 Å². The lowest BCUT2D eigenvalue weighted by Gasteiger charge is -2.30. The van der Waals surface area contributed by atoms with Crippen LogP contribution in [0.3, 0.4) is 0 Å². The standard InChI is InChI=1S/C78H159N2O6P/c1-6-8-10-12-14-16-18-20-22-24-26-28-30-32-34-36-38-39-40-41-42-44-46-48-50-52-54-56-58-60-62-64-66-68-70-72-78(82)79-76(75-86-87(83,84)85-74-73-80(3,4)5)77(81)71-69-67-65-63-61-59-57-55-53-51-49-47-45-43-37-35-33-31-29-27-25-23-21-19-17-15-13-11-9-7-2/h76-77,81H,6-75H2,1-5H3,(H-,79,82,83,84). The molecule has 0 aromatic carbocycles. The van der Waals surface area contributed by atoms with Crippen LogP contribution in [0.1, 0.15) is 444 Å². The van der Waals surface area contributed by atoms with Gasteiger partial charge in [0.1, 0.15) is 13.2 Å². The lowest BCUT2D eigenvalue weighted by atomic mass is 10.0. The topological polar surface area (TPSA) is 108 Å². The molecule has 0 aromatic rings. The van der Waals surface area contributed by atoms with Crippen LogP contribution in [0, 0.1) is 0 Å². The van der Waals surface area contributed by atoms with Gasteiger partial charge in [-0.05, 0) is 12.8 Å². The highest BCUT2D eigenvalue weighted by Crippen LogP contribution is 2.38. The molecule has 0 spiro atoms. The minimum Gasteiger partial charge on any atom is -0.756 e. The Morgan fingerprint density at radius 1 is 0.356 bits per heavy atom. The van der Waals surface area contributed by atoms with Crippen molar-refractivity contribution in [2.45, 2.75) is 456 Å². The normalized spacial score (nSPS) is 13.4. The molecule has 0 aliphatic heterocycles. The second-order valence-corrected chi connectivity index (χ2v) is 30.6. The lowest BCUT2D eigenvalue weighted by Crippen LogP contribution is -2.46. The maximum atomic E-state index is 13.1. The predicted molar refractivity (Wildman–Crippen MR) is 381 cm³/mol. The number of quaternary nitrogens is 1. The molecule has 0 rings (SSSR count). The van der Waals surface area contributed by atoms with Crippen molar-refractivity contribution in [1.29, 1.82) is 0 Å². The van der Waals surface area contributed by atoms with Crippen LogP contribution in [0.5, 0.6) is 0 Å². The van der Waals surface area contributed by atoms with Gasteiger partial charge in [-0.15, -0.1) is 0 Å². The van der Waals surface area contributed by atoms with Crippen LogP contribution in [0.2, 0.25) is 0 Å². The summed E-state index contributed by atoms with van der Waals surface area (Å²) in [6, 6.07) is -0.798. The van der Waals surface area contributed by atoms with E-state index in [1.54, 1.807) is 0 Å². The third kappa shape index (κ3) is 72.8. The van der Waals surface area contributed by atoms with Crippen LogP contribution in [0.15, 0.2) is 0 Å². The Labute approximate surface area is 546 Å². The highest BCUT2D eigenvalue weighted by molar-refractivity contribution is 7.45. The molecule has 0 saturated heterocycles. The summed E-state index contributed by atoms with van der Waals surface area (Å²) in [5.41, 5.74) is 0. The van der Waals surface area contributed by atoms with Crippen molar-refractivity contribution in [2.75, 3.05) is 40.9 Å². The number of unbranched alkanes of at least 4 members (excludes halogenated alkanes) is 63. The van der Waals surface area contributed by atoms with E-state index in [0.717, 1.165) is 38.5 Å².